The lowest BCUT2D eigenvalue weighted by Gasteiger charge is -2.27. The molecule has 0 saturated carbocycles. The minimum absolute atomic E-state index is 0.116. The summed E-state index contributed by atoms with van der Waals surface area (Å²) in [6, 6.07) is 7.86. The third-order valence-corrected chi connectivity index (χ3v) is 3.74. The lowest BCUT2D eigenvalue weighted by atomic mass is 10.1. The number of benzene rings is 1. The number of likely N-dealkylation sites (N-methyl/N-ethyl adjacent to an activating group) is 1. The Bertz CT molecular complexity index is 434. The summed E-state index contributed by atoms with van der Waals surface area (Å²) in [6.45, 7) is 1.79. The van der Waals surface area contributed by atoms with E-state index in [2.05, 4.69) is 17.5 Å². The molecule has 0 aliphatic carbocycles. The van der Waals surface area contributed by atoms with Gasteiger partial charge in [-0.25, -0.2) is 0 Å². The van der Waals surface area contributed by atoms with Gasteiger partial charge in [0.2, 0.25) is 0 Å². The second-order valence-corrected chi connectivity index (χ2v) is 5.56. The molecule has 0 radical (unpaired) electrons. The van der Waals surface area contributed by atoms with Crippen molar-refractivity contribution in [3.05, 3.63) is 29.8 Å². The first-order valence-electron chi connectivity index (χ1n) is 6.33. The average molecular weight is 264 g/mol. The van der Waals surface area contributed by atoms with E-state index in [0.29, 0.717) is 11.6 Å². The van der Waals surface area contributed by atoms with Crippen molar-refractivity contribution in [1.82, 2.24) is 9.80 Å². The molecule has 1 heterocycles. The van der Waals surface area contributed by atoms with Crippen molar-refractivity contribution in [2.24, 2.45) is 0 Å². The Kier molecular flexibility index (Phi) is 4.30. The molecule has 1 aliphatic heterocycles. The summed E-state index contributed by atoms with van der Waals surface area (Å²) in [5, 5.41) is 0. The van der Waals surface area contributed by atoms with Gasteiger partial charge in [0, 0.05) is 24.0 Å². The molecule has 1 saturated heterocycles. The highest BCUT2D eigenvalue weighted by Gasteiger charge is 2.30. The Labute approximate surface area is 114 Å². The van der Waals surface area contributed by atoms with Gasteiger partial charge in [-0.15, -0.1) is 12.6 Å². The van der Waals surface area contributed by atoms with Gasteiger partial charge in [-0.3, -0.25) is 4.79 Å². The van der Waals surface area contributed by atoms with E-state index in [1.54, 1.807) is 0 Å². The highest BCUT2D eigenvalue weighted by Crippen LogP contribution is 2.23. The van der Waals surface area contributed by atoms with E-state index < -0.39 is 0 Å². The predicted molar refractivity (Wildman–Crippen MR) is 76.3 cm³/mol. The van der Waals surface area contributed by atoms with Crippen molar-refractivity contribution < 1.29 is 4.79 Å². The molecule has 1 aromatic rings. The fourth-order valence-electron chi connectivity index (χ4n) is 2.52. The molecular weight excluding hydrogens is 244 g/mol. The number of carbonyl (C=O) groups is 1. The standard InChI is InChI=1S/C14H20N2OS/c1-15(2)10-11-6-5-9-16(11)14(17)12-7-3-4-8-13(12)18/h3-4,7-8,11,18H,5-6,9-10H2,1-2H3. The summed E-state index contributed by atoms with van der Waals surface area (Å²) in [4.78, 5) is 17.4. The van der Waals surface area contributed by atoms with Gasteiger partial charge in [0.05, 0.1) is 5.56 Å². The fourth-order valence-corrected chi connectivity index (χ4v) is 2.78. The van der Waals surface area contributed by atoms with Gasteiger partial charge in [0.25, 0.3) is 5.91 Å². The monoisotopic (exact) mass is 264 g/mol. The molecule has 2 rings (SSSR count). The van der Waals surface area contributed by atoms with Crippen molar-refractivity contribution in [1.29, 1.82) is 0 Å². The minimum atomic E-state index is 0.116. The highest BCUT2D eigenvalue weighted by molar-refractivity contribution is 7.80. The SMILES string of the molecule is CN(C)CC1CCCN1C(=O)c1ccccc1S. The Balaban J connectivity index is 2.15. The summed E-state index contributed by atoms with van der Waals surface area (Å²) in [7, 11) is 4.10. The van der Waals surface area contributed by atoms with Crippen LogP contribution in [0.5, 0.6) is 0 Å². The third-order valence-electron chi connectivity index (χ3n) is 3.35. The number of carbonyl (C=O) groups excluding carboxylic acids is 1. The van der Waals surface area contributed by atoms with Gasteiger partial charge >= 0.3 is 0 Å². The van der Waals surface area contributed by atoms with Crippen molar-refractivity contribution >= 4 is 18.5 Å². The third kappa shape index (κ3) is 2.87. The molecule has 1 amide bonds. The molecule has 0 bridgehead atoms. The first-order chi connectivity index (χ1) is 8.59. The van der Waals surface area contributed by atoms with Crippen LogP contribution in [0.2, 0.25) is 0 Å². The maximum Gasteiger partial charge on any atom is 0.255 e. The van der Waals surface area contributed by atoms with E-state index in [-0.39, 0.29) is 5.91 Å². The number of rotatable bonds is 3. The molecule has 0 aromatic heterocycles. The molecule has 0 N–H and O–H groups in total. The van der Waals surface area contributed by atoms with Gasteiger partial charge in [-0.05, 0) is 39.1 Å². The number of hydrogen-bond donors (Lipinski definition) is 1. The second kappa shape index (κ2) is 5.76. The van der Waals surface area contributed by atoms with Crippen LogP contribution in [0.3, 0.4) is 0 Å². The molecule has 18 heavy (non-hydrogen) atoms. The molecule has 4 heteroatoms. The Morgan fingerprint density at radius 2 is 2.17 bits per heavy atom. The molecule has 1 unspecified atom stereocenters. The number of likely N-dealkylation sites (tertiary alicyclic amines) is 1. The smallest absolute Gasteiger partial charge is 0.255 e. The van der Waals surface area contributed by atoms with Crippen molar-refractivity contribution in [2.75, 3.05) is 27.2 Å². The molecular formula is C14H20N2OS. The van der Waals surface area contributed by atoms with Crippen molar-refractivity contribution in [3.8, 4) is 0 Å². The van der Waals surface area contributed by atoms with Crippen LogP contribution in [0.1, 0.15) is 23.2 Å². The quantitative estimate of drug-likeness (QED) is 0.846. The van der Waals surface area contributed by atoms with Crippen molar-refractivity contribution in [3.63, 3.8) is 0 Å². The minimum Gasteiger partial charge on any atom is -0.334 e. The van der Waals surface area contributed by atoms with E-state index in [4.69, 9.17) is 0 Å². The Morgan fingerprint density at radius 1 is 1.44 bits per heavy atom. The van der Waals surface area contributed by atoms with Crippen molar-refractivity contribution in [2.45, 2.75) is 23.8 Å². The second-order valence-electron chi connectivity index (χ2n) is 5.07. The van der Waals surface area contributed by atoms with Crippen LogP contribution in [-0.2, 0) is 0 Å². The summed E-state index contributed by atoms with van der Waals surface area (Å²) in [5.74, 6) is 0.116. The van der Waals surface area contributed by atoms with Gasteiger partial charge in [-0.2, -0.15) is 0 Å². The molecule has 1 aliphatic rings. The molecule has 98 valence electrons. The van der Waals surface area contributed by atoms with Crippen LogP contribution in [-0.4, -0.2) is 48.9 Å². The van der Waals surface area contributed by atoms with E-state index in [0.717, 1.165) is 30.8 Å². The van der Waals surface area contributed by atoms with Crippen LogP contribution in [0, 0.1) is 0 Å². The molecule has 1 aromatic carbocycles. The predicted octanol–water partition coefficient (Wildman–Crippen LogP) is 2.14. The molecule has 1 atom stereocenters. The number of thiol groups is 1. The zero-order valence-electron chi connectivity index (χ0n) is 11.0. The van der Waals surface area contributed by atoms with Gasteiger partial charge < -0.3 is 9.80 Å². The topological polar surface area (TPSA) is 23.6 Å². The van der Waals surface area contributed by atoms with Gasteiger partial charge in [0.15, 0.2) is 0 Å². The Morgan fingerprint density at radius 3 is 2.83 bits per heavy atom. The number of hydrogen-bond acceptors (Lipinski definition) is 3. The lowest BCUT2D eigenvalue weighted by molar-refractivity contribution is 0.0713. The first-order valence-corrected chi connectivity index (χ1v) is 6.78. The maximum atomic E-state index is 12.5. The summed E-state index contributed by atoms with van der Waals surface area (Å²) in [5.41, 5.74) is 0.714. The summed E-state index contributed by atoms with van der Waals surface area (Å²) >= 11 is 4.37. The number of nitrogens with zero attached hydrogens (tertiary/aromatic N) is 2. The lowest BCUT2D eigenvalue weighted by Crippen LogP contribution is -2.41. The van der Waals surface area contributed by atoms with Crippen LogP contribution >= 0.6 is 12.6 Å². The van der Waals surface area contributed by atoms with Crippen LogP contribution in [0.15, 0.2) is 29.2 Å². The number of amides is 1. The fraction of sp³-hybridized carbons (Fsp3) is 0.500. The molecule has 3 nitrogen and oxygen atoms in total. The van der Waals surface area contributed by atoms with Crippen LogP contribution in [0.25, 0.3) is 0 Å². The largest absolute Gasteiger partial charge is 0.334 e. The maximum absolute atomic E-state index is 12.5. The van der Waals surface area contributed by atoms with E-state index in [9.17, 15) is 4.79 Å². The van der Waals surface area contributed by atoms with Gasteiger partial charge in [-0.1, -0.05) is 12.1 Å². The van der Waals surface area contributed by atoms with Gasteiger partial charge in [0.1, 0.15) is 0 Å². The first kappa shape index (κ1) is 13.4. The molecule has 1 fully saturated rings. The van der Waals surface area contributed by atoms with E-state index >= 15 is 0 Å². The van der Waals surface area contributed by atoms with Crippen LogP contribution in [0.4, 0.5) is 0 Å². The normalized spacial score (nSPS) is 19.6. The molecule has 0 spiro atoms. The zero-order valence-corrected chi connectivity index (χ0v) is 11.9. The average Bonchev–Trinajstić information content (AvgIpc) is 2.76. The highest BCUT2D eigenvalue weighted by atomic mass is 32.1. The van der Waals surface area contributed by atoms with E-state index in [1.807, 2.05) is 43.3 Å². The summed E-state index contributed by atoms with van der Waals surface area (Å²) in [6.07, 6.45) is 2.19. The Hall–Kier alpha value is -1.00. The van der Waals surface area contributed by atoms with E-state index in [1.165, 1.54) is 0 Å². The summed E-state index contributed by atoms with van der Waals surface area (Å²) < 4.78 is 0. The van der Waals surface area contributed by atoms with Crippen LogP contribution < -0.4 is 0 Å². The zero-order chi connectivity index (χ0) is 13.1.